The highest BCUT2D eigenvalue weighted by molar-refractivity contribution is 7.09. The molecule has 1 heterocycles. The summed E-state index contributed by atoms with van der Waals surface area (Å²) < 4.78 is 18.5. The number of halogens is 1. The lowest BCUT2D eigenvalue weighted by Gasteiger charge is -2.12. The van der Waals surface area contributed by atoms with Crippen LogP contribution < -0.4 is 10.1 Å². The maximum Gasteiger partial charge on any atom is 0.230 e. The summed E-state index contributed by atoms with van der Waals surface area (Å²) in [6, 6.07) is 9.95. The van der Waals surface area contributed by atoms with Crippen molar-refractivity contribution >= 4 is 22.9 Å². The van der Waals surface area contributed by atoms with E-state index in [0.29, 0.717) is 11.4 Å². The molecule has 1 aromatic heterocycles. The Morgan fingerprint density at radius 1 is 1.15 bits per heavy atom. The second-order valence-corrected chi connectivity index (χ2v) is 7.42. The van der Waals surface area contributed by atoms with Crippen molar-refractivity contribution in [3.05, 3.63) is 75.0 Å². The lowest BCUT2D eigenvalue weighted by atomic mass is 10.0. The highest BCUT2D eigenvalue weighted by atomic mass is 32.1. The number of ether oxygens (including phenoxy) is 1. The predicted octanol–water partition coefficient (Wildman–Crippen LogP) is 4.97. The number of nitrogens with one attached hydrogen (secondary N) is 1. The number of rotatable bonds is 6. The van der Waals surface area contributed by atoms with E-state index in [-0.39, 0.29) is 24.8 Å². The molecule has 4 nitrogen and oxygen atoms in total. The molecule has 27 heavy (non-hydrogen) atoms. The molecule has 0 aliphatic carbocycles. The Balaban J connectivity index is 1.57. The summed E-state index contributed by atoms with van der Waals surface area (Å²) >= 11 is 1.44. The Bertz CT molecular complexity index is 928. The van der Waals surface area contributed by atoms with E-state index in [2.05, 4.69) is 22.4 Å². The molecule has 2 aromatic carbocycles. The fourth-order valence-corrected chi connectivity index (χ4v) is 3.60. The van der Waals surface area contributed by atoms with Crippen LogP contribution in [0.3, 0.4) is 0 Å². The van der Waals surface area contributed by atoms with Gasteiger partial charge in [0, 0.05) is 11.1 Å². The minimum absolute atomic E-state index is 0.0960. The molecule has 1 amide bonds. The van der Waals surface area contributed by atoms with Crippen LogP contribution in [0, 0.1) is 26.6 Å². The molecular formula is C21H21FN2O2S. The number of benzene rings is 2. The highest BCUT2D eigenvalue weighted by Crippen LogP contribution is 2.22. The van der Waals surface area contributed by atoms with E-state index < -0.39 is 0 Å². The fraction of sp³-hybridized carbons (Fsp3) is 0.238. The number of amides is 1. The van der Waals surface area contributed by atoms with Crippen molar-refractivity contribution in [1.29, 1.82) is 0 Å². The molecule has 0 saturated carbocycles. The largest absolute Gasteiger partial charge is 0.486 e. The summed E-state index contributed by atoms with van der Waals surface area (Å²) in [5, 5.41) is 5.61. The summed E-state index contributed by atoms with van der Waals surface area (Å²) in [6.45, 7) is 6.30. The first kappa shape index (κ1) is 19.0. The second-order valence-electron chi connectivity index (χ2n) is 6.47. The summed E-state index contributed by atoms with van der Waals surface area (Å²) in [5.74, 6) is 0.182. The fourth-order valence-electron chi connectivity index (χ4n) is 2.90. The van der Waals surface area contributed by atoms with Crippen molar-refractivity contribution in [3.63, 3.8) is 0 Å². The molecule has 0 saturated heterocycles. The molecule has 0 spiro atoms. The van der Waals surface area contributed by atoms with E-state index in [1.807, 2.05) is 26.2 Å². The molecule has 140 valence electrons. The molecule has 3 rings (SSSR count). The molecule has 0 fully saturated rings. The van der Waals surface area contributed by atoms with E-state index in [0.717, 1.165) is 21.8 Å². The number of thiazole rings is 1. The van der Waals surface area contributed by atoms with Gasteiger partial charge in [0.25, 0.3) is 0 Å². The van der Waals surface area contributed by atoms with Gasteiger partial charge in [0.15, 0.2) is 0 Å². The Morgan fingerprint density at radius 3 is 2.48 bits per heavy atom. The van der Waals surface area contributed by atoms with Crippen LogP contribution in [-0.4, -0.2) is 10.9 Å². The summed E-state index contributed by atoms with van der Waals surface area (Å²) in [7, 11) is 0. The van der Waals surface area contributed by atoms with Crippen LogP contribution in [0.4, 0.5) is 10.1 Å². The third-order valence-corrected chi connectivity index (χ3v) is 4.93. The lowest BCUT2D eigenvalue weighted by molar-refractivity contribution is -0.115. The monoisotopic (exact) mass is 384 g/mol. The average Bonchev–Trinajstić information content (AvgIpc) is 3.05. The molecule has 6 heteroatoms. The Kier molecular flexibility index (Phi) is 5.86. The molecule has 1 N–H and O–H groups in total. The Labute approximate surface area is 162 Å². The normalized spacial score (nSPS) is 10.7. The van der Waals surface area contributed by atoms with Crippen molar-refractivity contribution in [2.24, 2.45) is 0 Å². The van der Waals surface area contributed by atoms with E-state index in [4.69, 9.17) is 4.74 Å². The Hall–Kier alpha value is -2.73. The Morgan fingerprint density at radius 2 is 1.81 bits per heavy atom. The second kappa shape index (κ2) is 8.31. The first-order valence-electron chi connectivity index (χ1n) is 8.60. The zero-order valence-electron chi connectivity index (χ0n) is 15.5. The van der Waals surface area contributed by atoms with Gasteiger partial charge in [-0.3, -0.25) is 4.79 Å². The van der Waals surface area contributed by atoms with Gasteiger partial charge in [0.1, 0.15) is 23.2 Å². The minimum Gasteiger partial charge on any atom is -0.486 e. The van der Waals surface area contributed by atoms with E-state index in [9.17, 15) is 9.18 Å². The molecule has 3 aromatic rings. The SMILES string of the molecule is Cc1cc(C)c(NC(=O)Cc2csc(COc3ccc(F)cc3)n2)c(C)c1. The van der Waals surface area contributed by atoms with Crippen LogP contribution in [0.1, 0.15) is 27.4 Å². The first-order valence-corrected chi connectivity index (χ1v) is 9.48. The standard InChI is InChI=1S/C21H21FN2O2S/c1-13-8-14(2)21(15(3)9-13)24-19(25)10-17-12-27-20(23-17)11-26-18-6-4-16(22)5-7-18/h4-9,12H,10-11H2,1-3H3,(H,24,25). The topological polar surface area (TPSA) is 51.2 Å². The van der Waals surface area contributed by atoms with Gasteiger partial charge in [-0.25, -0.2) is 9.37 Å². The van der Waals surface area contributed by atoms with Crippen LogP contribution >= 0.6 is 11.3 Å². The average molecular weight is 384 g/mol. The molecule has 0 aliphatic heterocycles. The maximum absolute atomic E-state index is 12.9. The van der Waals surface area contributed by atoms with E-state index in [1.165, 1.54) is 29.0 Å². The smallest absolute Gasteiger partial charge is 0.230 e. The number of anilines is 1. The summed E-state index contributed by atoms with van der Waals surface area (Å²) in [4.78, 5) is 16.8. The number of carbonyl (C=O) groups excluding carboxylic acids is 1. The molecule has 0 radical (unpaired) electrons. The van der Waals surface area contributed by atoms with Crippen LogP contribution in [0.2, 0.25) is 0 Å². The quantitative estimate of drug-likeness (QED) is 0.653. The van der Waals surface area contributed by atoms with Crippen molar-refractivity contribution in [2.45, 2.75) is 33.8 Å². The van der Waals surface area contributed by atoms with Gasteiger partial charge in [0.2, 0.25) is 5.91 Å². The molecule has 0 bridgehead atoms. The highest BCUT2D eigenvalue weighted by Gasteiger charge is 2.11. The van der Waals surface area contributed by atoms with Crippen molar-refractivity contribution < 1.29 is 13.9 Å². The maximum atomic E-state index is 12.9. The third kappa shape index (κ3) is 5.14. The van der Waals surface area contributed by atoms with Crippen LogP contribution in [0.5, 0.6) is 5.75 Å². The number of hydrogen-bond acceptors (Lipinski definition) is 4. The first-order chi connectivity index (χ1) is 12.9. The van der Waals surface area contributed by atoms with Gasteiger partial charge in [-0.1, -0.05) is 17.7 Å². The van der Waals surface area contributed by atoms with Gasteiger partial charge < -0.3 is 10.1 Å². The van der Waals surface area contributed by atoms with Gasteiger partial charge in [-0.15, -0.1) is 11.3 Å². The minimum atomic E-state index is -0.302. The summed E-state index contributed by atoms with van der Waals surface area (Å²) in [5.41, 5.74) is 4.84. The van der Waals surface area contributed by atoms with Gasteiger partial charge in [0.05, 0.1) is 12.1 Å². The zero-order chi connectivity index (χ0) is 19.4. The van der Waals surface area contributed by atoms with Crippen molar-refractivity contribution in [1.82, 2.24) is 4.98 Å². The van der Waals surface area contributed by atoms with E-state index in [1.54, 1.807) is 12.1 Å². The molecule has 0 atom stereocenters. The van der Waals surface area contributed by atoms with Crippen LogP contribution in [0.25, 0.3) is 0 Å². The number of aromatic nitrogens is 1. The van der Waals surface area contributed by atoms with Crippen LogP contribution in [-0.2, 0) is 17.8 Å². The number of nitrogens with zero attached hydrogens (tertiary/aromatic N) is 1. The van der Waals surface area contributed by atoms with E-state index >= 15 is 0 Å². The molecule has 0 aliphatic rings. The zero-order valence-corrected chi connectivity index (χ0v) is 16.3. The molecular weight excluding hydrogens is 363 g/mol. The van der Waals surface area contributed by atoms with Gasteiger partial charge >= 0.3 is 0 Å². The van der Waals surface area contributed by atoms with Crippen molar-refractivity contribution in [3.8, 4) is 5.75 Å². The van der Waals surface area contributed by atoms with Crippen molar-refractivity contribution in [2.75, 3.05) is 5.32 Å². The van der Waals surface area contributed by atoms with Gasteiger partial charge in [-0.05, 0) is 56.2 Å². The number of aryl methyl sites for hydroxylation is 3. The summed E-state index contributed by atoms with van der Waals surface area (Å²) in [6.07, 6.45) is 0.208. The van der Waals surface area contributed by atoms with Crippen LogP contribution in [0.15, 0.2) is 41.8 Å². The number of hydrogen-bond donors (Lipinski definition) is 1. The van der Waals surface area contributed by atoms with Gasteiger partial charge in [-0.2, -0.15) is 0 Å². The third-order valence-electron chi connectivity index (χ3n) is 4.06. The predicted molar refractivity (Wildman–Crippen MR) is 106 cm³/mol. The number of carbonyl (C=O) groups is 1. The lowest BCUT2D eigenvalue weighted by Crippen LogP contribution is -2.16. The molecule has 0 unspecified atom stereocenters.